The highest BCUT2D eigenvalue weighted by Gasteiger charge is 2.13. The zero-order valence-electron chi connectivity index (χ0n) is 12.2. The highest BCUT2D eigenvalue weighted by molar-refractivity contribution is 4.72. The van der Waals surface area contributed by atoms with Crippen LogP contribution in [0, 0.1) is 5.92 Å². The molecule has 3 heteroatoms. The molecule has 0 bridgehead atoms. The Morgan fingerprint density at radius 3 is 2.35 bits per heavy atom. The summed E-state index contributed by atoms with van der Waals surface area (Å²) in [6.07, 6.45) is 3.25. The second-order valence-corrected chi connectivity index (χ2v) is 5.03. The summed E-state index contributed by atoms with van der Waals surface area (Å²) in [7, 11) is 0. The minimum absolute atomic E-state index is 0.280. The fourth-order valence-electron chi connectivity index (χ4n) is 1.98. The molecule has 2 N–H and O–H groups in total. The van der Waals surface area contributed by atoms with E-state index in [9.17, 15) is 0 Å². The van der Waals surface area contributed by atoms with Gasteiger partial charge in [0.05, 0.1) is 0 Å². The molecule has 104 valence electrons. The van der Waals surface area contributed by atoms with Crippen LogP contribution in [0.2, 0.25) is 0 Å². The molecule has 0 heterocycles. The van der Waals surface area contributed by atoms with Gasteiger partial charge in [-0.25, -0.2) is 0 Å². The highest BCUT2D eigenvalue weighted by Crippen LogP contribution is 2.06. The highest BCUT2D eigenvalue weighted by atomic mass is 16.3. The van der Waals surface area contributed by atoms with E-state index >= 15 is 0 Å². The smallest absolute Gasteiger partial charge is 0.0446 e. The molecule has 0 saturated heterocycles. The number of rotatable bonds is 11. The maximum Gasteiger partial charge on any atom is 0.0446 e. The maximum absolute atomic E-state index is 9.09. The van der Waals surface area contributed by atoms with Crippen molar-refractivity contribution in [2.75, 3.05) is 32.8 Å². The van der Waals surface area contributed by atoms with Crippen LogP contribution in [-0.2, 0) is 0 Å². The molecule has 0 radical (unpaired) electrons. The molecule has 2 unspecified atom stereocenters. The lowest BCUT2D eigenvalue weighted by Crippen LogP contribution is -2.43. The van der Waals surface area contributed by atoms with Gasteiger partial charge in [0.1, 0.15) is 0 Å². The summed E-state index contributed by atoms with van der Waals surface area (Å²) in [5.41, 5.74) is 0. The second kappa shape index (κ2) is 11.0. The molecule has 0 aliphatic rings. The van der Waals surface area contributed by atoms with E-state index in [1.165, 1.54) is 13.0 Å². The number of hydrogen-bond donors (Lipinski definition) is 2. The first-order valence-corrected chi connectivity index (χ1v) is 7.24. The SMILES string of the molecule is CCCNC(CCO)CN(CC)CC(C)CC. The number of aliphatic hydroxyl groups is 1. The molecule has 0 saturated carbocycles. The van der Waals surface area contributed by atoms with Crippen molar-refractivity contribution < 1.29 is 5.11 Å². The van der Waals surface area contributed by atoms with Gasteiger partial charge in [0.25, 0.3) is 0 Å². The Morgan fingerprint density at radius 2 is 1.88 bits per heavy atom. The minimum atomic E-state index is 0.280. The Balaban J connectivity index is 4.07. The van der Waals surface area contributed by atoms with Crippen LogP contribution < -0.4 is 5.32 Å². The molecule has 17 heavy (non-hydrogen) atoms. The van der Waals surface area contributed by atoms with E-state index in [1.54, 1.807) is 0 Å². The number of likely N-dealkylation sites (N-methyl/N-ethyl adjacent to an activating group) is 1. The van der Waals surface area contributed by atoms with Crippen molar-refractivity contribution in [3.63, 3.8) is 0 Å². The Morgan fingerprint density at radius 1 is 1.18 bits per heavy atom. The van der Waals surface area contributed by atoms with Gasteiger partial charge in [-0.05, 0) is 31.8 Å². The summed E-state index contributed by atoms with van der Waals surface area (Å²) in [4.78, 5) is 2.50. The minimum Gasteiger partial charge on any atom is -0.396 e. The van der Waals surface area contributed by atoms with Crippen LogP contribution in [0.4, 0.5) is 0 Å². The summed E-state index contributed by atoms with van der Waals surface area (Å²) in [5.74, 6) is 0.760. The van der Waals surface area contributed by atoms with Crippen molar-refractivity contribution in [2.24, 2.45) is 5.92 Å². The van der Waals surface area contributed by atoms with Crippen LogP contribution in [0.5, 0.6) is 0 Å². The first-order chi connectivity index (χ1) is 8.17. The third kappa shape index (κ3) is 8.58. The quantitative estimate of drug-likeness (QED) is 0.584. The van der Waals surface area contributed by atoms with Crippen molar-refractivity contribution in [3.8, 4) is 0 Å². The van der Waals surface area contributed by atoms with E-state index in [-0.39, 0.29) is 6.61 Å². The zero-order chi connectivity index (χ0) is 13.1. The van der Waals surface area contributed by atoms with Gasteiger partial charge in [-0.1, -0.05) is 34.1 Å². The molecular formula is C14H32N2O. The van der Waals surface area contributed by atoms with Crippen LogP contribution >= 0.6 is 0 Å². The molecule has 2 atom stereocenters. The van der Waals surface area contributed by atoms with E-state index in [2.05, 4.69) is 37.9 Å². The lowest BCUT2D eigenvalue weighted by Gasteiger charge is -2.28. The van der Waals surface area contributed by atoms with E-state index < -0.39 is 0 Å². The van der Waals surface area contributed by atoms with E-state index in [0.29, 0.717) is 6.04 Å². The predicted octanol–water partition coefficient (Wildman–Crippen LogP) is 2.10. The van der Waals surface area contributed by atoms with Gasteiger partial charge in [0, 0.05) is 25.7 Å². The van der Waals surface area contributed by atoms with Gasteiger partial charge in [-0.2, -0.15) is 0 Å². The van der Waals surface area contributed by atoms with Gasteiger partial charge in [-0.15, -0.1) is 0 Å². The van der Waals surface area contributed by atoms with Gasteiger partial charge < -0.3 is 15.3 Å². The topological polar surface area (TPSA) is 35.5 Å². The summed E-state index contributed by atoms with van der Waals surface area (Å²) >= 11 is 0. The average Bonchev–Trinajstić information content (AvgIpc) is 2.34. The molecule has 0 aromatic carbocycles. The molecule has 0 aliphatic heterocycles. The molecule has 3 nitrogen and oxygen atoms in total. The average molecular weight is 244 g/mol. The maximum atomic E-state index is 9.09. The largest absolute Gasteiger partial charge is 0.396 e. The molecular weight excluding hydrogens is 212 g/mol. The second-order valence-electron chi connectivity index (χ2n) is 5.03. The predicted molar refractivity (Wildman–Crippen MR) is 75.4 cm³/mol. The Bertz CT molecular complexity index is 164. The van der Waals surface area contributed by atoms with E-state index in [4.69, 9.17) is 5.11 Å². The zero-order valence-corrected chi connectivity index (χ0v) is 12.2. The normalized spacial score (nSPS) is 15.2. The fourth-order valence-corrected chi connectivity index (χ4v) is 1.98. The molecule has 0 fully saturated rings. The number of nitrogens with zero attached hydrogens (tertiary/aromatic N) is 1. The van der Waals surface area contributed by atoms with E-state index in [0.717, 1.165) is 38.4 Å². The van der Waals surface area contributed by atoms with Crippen molar-refractivity contribution in [1.29, 1.82) is 0 Å². The van der Waals surface area contributed by atoms with Crippen LogP contribution in [0.15, 0.2) is 0 Å². The molecule has 0 spiro atoms. The van der Waals surface area contributed by atoms with Crippen LogP contribution in [0.1, 0.15) is 47.0 Å². The Hall–Kier alpha value is -0.120. The summed E-state index contributed by atoms with van der Waals surface area (Å²) in [6.45, 7) is 13.6. The monoisotopic (exact) mass is 244 g/mol. The third-order valence-electron chi connectivity index (χ3n) is 3.35. The van der Waals surface area contributed by atoms with Crippen molar-refractivity contribution in [2.45, 2.75) is 53.0 Å². The standard InChI is InChI=1S/C14H32N2O/c1-5-9-15-14(8-10-17)12-16(7-3)11-13(4)6-2/h13-15,17H,5-12H2,1-4H3. The van der Waals surface area contributed by atoms with Gasteiger partial charge >= 0.3 is 0 Å². The van der Waals surface area contributed by atoms with Crippen LogP contribution in [0.3, 0.4) is 0 Å². The Kier molecular flexibility index (Phi) is 10.9. The molecule has 0 aliphatic carbocycles. The fraction of sp³-hybridized carbons (Fsp3) is 1.00. The lowest BCUT2D eigenvalue weighted by molar-refractivity contribution is 0.195. The number of nitrogens with one attached hydrogen (secondary N) is 1. The van der Waals surface area contributed by atoms with Gasteiger partial charge in [0.2, 0.25) is 0 Å². The van der Waals surface area contributed by atoms with E-state index in [1.807, 2.05) is 0 Å². The molecule has 0 amide bonds. The molecule has 0 aromatic rings. The van der Waals surface area contributed by atoms with Gasteiger partial charge in [0.15, 0.2) is 0 Å². The Labute approximate surface area is 108 Å². The first kappa shape index (κ1) is 16.9. The molecule has 0 aromatic heterocycles. The summed E-state index contributed by atoms with van der Waals surface area (Å²) in [6, 6.07) is 0.434. The van der Waals surface area contributed by atoms with Crippen molar-refractivity contribution in [1.82, 2.24) is 10.2 Å². The van der Waals surface area contributed by atoms with Gasteiger partial charge in [-0.3, -0.25) is 0 Å². The van der Waals surface area contributed by atoms with Crippen LogP contribution in [0.25, 0.3) is 0 Å². The third-order valence-corrected chi connectivity index (χ3v) is 3.35. The number of aliphatic hydroxyl groups excluding tert-OH is 1. The van der Waals surface area contributed by atoms with Crippen LogP contribution in [-0.4, -0.2) is 48.8 Å². The lowest BCUT2D eigenvalue weighted by atomic mass is 10.1. The summed E-state index contributed by atoms with van der Waals surface area (Å²) in [5, 5.41) is 12.6. The summed E-state index contributed by atoms with van der Waals surface area (Å²) < 4.78 is 0. The number of hydrogen-bond acceptors (Lipinski definition) is 3. The molecule has 0 rings (SSSR count). The first-order valence-electron chi connectivity index (χ1n) is 7.24. The van der Waals surface area contributed by atoms with Crippen molar-refractivity contribution in [3.05, 3.63) is 0 Å². The van der Waals surface area contributed by atoms with Crippen molar-refractivity contribution >= 4 is 0 Å².